The molecule has 1 N–H and O–H groups in total. The molecular weight excluding hydrogens is 330 g/mol. The van der Waals surface area contributed by atoms with Crippen LogP contribution in [0.15, 0.2) is 24.4 Å². The van der Waals surface area contributed by atoms with Crippen LogP contribution in [0.4, 0.5) is 25.3 Å². The molecule has 25 heavy (non-hydrogen) atoms. The van der Waals surface area contributed by atoms with Crippen molar-refractivity contribution in [2.24, 2.45) is 0 Å². The van der Waals surface area contributed by atoms with E-state index in [-0.39, 0.29) is 25.9 Å². The van der Waals surface area contributed by atoms with Crippen molar-refractivity contribution < 1.29 is 18.3 Å². The van der Waals surface area contributed by atoms with E-state index in [1.807, 2.05) is 27.6 Å². The average molecular weight is 352 g/mol. The Morgan fingerprint density at radius 2 is 2.00 bits per heavy atom. The molecule has 136 valence electrons. The predicted octanol–water partition coefficient (Wildman–Crippen LogP) is 3.92. The fraction of sp³-hybridized carbons (Fsp3) is 0.529. The van der Waals surface area contributed by atoms with Gasteiger partial charge in [-0.15, -0.1) is 0 Å². The van der Waals surface area contributed by atoms with Crippen LogP contribution in [-0.2, 0) is 4.74 Å². The van der Waals surface area contributed by atoms with Gasteiger partial charge in [0.15, 0.2) is 0 Å². The number of hydrogen-bond donors (Lipinski definition) is 1. The number of fused-ring (bicyclic) bond motifs is 1. The second-order valence-corrected chi connectivity index (χ2v) is 7.21. The molecule has 8 heteroatoms. The fourth-order valence-corrected chi connectivity index (χ4v) is 2.76. The van der Waals surface area contributed by atoms with Gasteiger partial charge in [-0.2, -0.15) is 4.98 Å². The van der Waals surface area contributed by atoms with Gasteiger partial charge >= 0.3 is 6.09 Å². The normalized spacial score (nSPS) is 17.6. The SMILES string of the molecule is CC(C)(C)OC(=O)Nc1cc2cccn2c(N2CCC(F)(F)CC2)n1. The number of ether oxygens (including phenoxy) is 1. The summed E-state index contributed by atoms with van der Waals surface area (Å²) in [5, 5.41) is 2.62. The lowest BCUT2D eigenvalue weighted by molar-refractivity contribution is -0.0222. The second-order valence-electron chi connectivity index (χ2n) is 7.21. The monoisotopic (exact) mass is 352 g/mol. The van der Waals surface area contributed by atoms with Gasteiger partial charge in [0, 0.05) is 38.2 Å². The summed E-state index contributed by atoms with van der Waals surface area (Å²) in [7, 11) is 0. The van der Waals surface area contributed by atoms with Crippen LogP contribution in [0.5, 0.6) is 0 Å². The quantitative estimate of drug-likeness (QED) is 0.890. The highest BCUT2D eigenvalue weighted by atomic mass is 19.3. The van der Waals surface area contributed by atoms with Gasteiger partial charge < -0.3 is 9.64 Å². The highest BCUT2D eigenvalue weighted by Gasteiger charge is 2.35. The van der Waals surface area contributed by atoms with Crippen molar-refractivity contribution in [2.75, 3.05) is 23.3 Å². The van der Waals surface area contributed by atoms with E-state index in [2.05, 4.69) is 10.3 Å². The number of piperidine rings is 1. The fourth-order valence-electron chi connectivity index (χ4n) is 2.76. The Labute approximate surface area is 144 Å². The maximum Gasteiger partial charge on any atom is 0.413 e. The van der Waals surface area contributed by atoms with Crippen LogP contribution in [0, 0.1) is 0 Å². The number of nitrogens with zero attached hydrogens (tertiary/aromatic N) is 3. The lowest BCUT2D eigenvalue weighted by atomic mass is 10.1. The highest BCUT2D eigenvalue weighted by Crippen LogP contribution is 2.30. The molecule has 1 aliphatic heterocycles. The summed E-state index contributed by atoms with van der Waals surface area (Å²) in [4.78, 5) is 18.2. The van der Waals surface area contributed by atoms with E-state index in [1.165, 1.54) is 0 Å². The third-order valence-corrected chi connectivity index (χ3v) is 3.91. The molecule has 2 aromatic rings. The van der Waals surface area contributed by atoms with Crippen molar-refractivity contribution in [3.05, 3.63) is 24.4 Å². The summed E-state index contributed by atoms with van der Waals surface area (Å²) < 4.78 is 33.9. The van der Waals surface area contributed by atoms with Gasteiger partial charge in [0.25, 0.3) is 5.92 Å². The van der Waals surface area contributed by atoms with E-state index in [4.69, 9.17) is 4.74 Å². The van der Waals surface area contributed by atoms with E-state index >= 15 is 0 Å². The van der Waals surface area contributed by atoms with E-state index in [9.17, 15) is 13.6 Å². The molecule has 1 saturated heterocycles. The predicted molar refractivity (Wildman–Crippen MR) is 91.4 cm³/mol. The molecule has 2 aromatic heterocycles. The number of alkyl halides is 2. The molecule has 0 saturated carbocycles. The lowest BCUT2D eigenvalue weighted by Gasteiger charge is -2.33. The summed E-state index contributed by atoms with van der Waals surface area (Å²) in [5.41, 5.74) is 0.193. The third kappa shape index (κ3) is 4.18. The summed E-state index contributed by atoms with van der Waals surface area (Å²) >= 11 is 0. The van der Waals surface area contributed by atoms with E-state index in [0.29, 0.717) is 11.8 Å². The van der Waals surface area contributed by atoms with Gasteiger partial charge in [-0.1, -0.05) is 0 Å². The number of halogens is 2. The first kappa shape index (κ1) is 17.4. The van der Waals surface area contributed by atoms with Crippen LogP contribution in [-0.4, -0.2) is 40.1 Å². The maximum absolute atomic E-state index is 13.4. The lowest BCUT2D eigenvalue weighted by Crippen LogP contribution is -2.40. The van der Waals surface area contributed by atoms with E-state index in [1.54, 1.807) is 26.8 Å². The zero-order valence-electron chi connectivity index (χ0n) is 14.6. The molecule has 0 unspecified atom stereocenters. The van der Waals surface area contributed by atoms with Crippen molar-refractivity contribution >= 4 is 23.4 Å². The summed E-state index contributed by atoms with van der Waals surface area (Å²) in [6.45, 7) is 5.74. The Morgan fingerprint density at radius 3 is 2.64 bits per heavy atom. The molecule has 6 nitrogen and oxygen atoms in total. The molecule has 0 radical (unpaired) electrons. The minimum atomic E-state index is -2.63. The minimum Gasteiger partial charge on any atom is -0.444 e. The van der Waals surface area contributed by atoms with Crippen LogP contribution < -0.4 is 10.2 Å². The van der Waals surface area contributed by atoms with Crippen LogP contribution in [0.25, 0.3) is 5.52 Å². The van der Waals surface area contributed by atoms with Gasteiger partial charge in [-0.05, 0) is 32.9 Å². The second kappa shape index (κ2) is 6.16. The Morgan fingerprint density at radius 1 is 1.32 bits per heavy atom. The van der Waals surface area contributed by atoms with Crippen LogP contribution >= 0.6 is 0 Å². The summed E-state index contributed by atoms with van der Waals surface area (Å²) in [6.07, 6.45) is 0.802. The smallest absolute Gasteiger partial charge is 0.413 e. The van der Waals surface area contributed by atoms with Gasteiger partial charge in [-0.3, -0.25) is 9.72 Å². The van der Waals surface area contributed by atoms with Crippen molar-refractivity contribution in [3.8, 4) is 0 Å². The number of anilines is 2. The molecule has 0 aliphatic carbocycles. The zero-order valence-corrected chi connectivity index (χ0v) is 14.6. The molecule has 0 bridgehead atoms. The number of rotatable bonds is 2. The van der Waals surface area contributed by atoms with Crippen molar-refractivity contribution in [1.29, 1.82) is 0 Å². The van der Waals surface area contributed by atoms with Crippen LogP contribution in [0.2, 0.25) is 0 Å². The number of hydrogen-bond acceptors (Lipinski definition) is 4. The minimum absolute atomic E-state index is 0.207. The first-order chi connectivity index (χ1) is 11.6. The molecular formula is C17H22F2N4O2. The van der Waals surface area contributed by atoms with Crippen molar-refractivity contribution in [3.63, 3.8) is 0 Å². The summed E-state index contributed by atoms with van der Waals surface area (Å²) in [6, 6.07) is 5.42. The molecule has 0 spiro atoms. The molecule has 1 fully saturated rings. The van der Waals surface area contributed by atoms with Gasteiger partial charge in [0.1, 0.15) is 11.4 Å². The number of carbonyl (C=O) groups excluding carboxylic acids is 1. The van der Waals surface area contributed by atoms with Gasteiger partial charge in [0.2, 0.25) is 5.95 Å². The van der Waals surface area contributed by atoms with Crippen LogP contribution in [0.1, 0.15) is 33.6 Å². The molecule has 0 aromatic carbocycles. The van der Waals surface area contributed by atoms with Crippen LogP contribution in [0.3, 0.4) is 0 Å². The third-order valence-electron chi connectivity index (χ3n) is 3.91. The molecule has 1 aliphatic rings. The number of nitrogens with one attached hydrogen (secondary N) is 1. The largest absolute Gasteiger partial charge is 0.444 e. The molecule has 3 rings (SSSR count). The average Bonchev–Trinajstić information content (AvgIpc) is 2.92. The van der Waals surface area contributed by atoms with Crippen molar-refractivity contribution in [1.82, 2.24) is 9.38 Å². The molecule has 1 amide bonds. The Kier molecular flexibility index (Phi) is 4.30. The first-order valence-electron chi connectivity index (χ1n) is 8.24. The Bertz CT molecular complexity index is 773. The molecule has 0 atom stereocenters. The Balaban J connectivity index is 1.86. The van der Waals surface area contributed by atoms with Gasteiger partial charge in [-0.25, -0.2) is 13.6 Å². The van der Waals surface area contributed by atoms with E-state index < -0.39 is 17.6 Å². The summed E-state index contributed by atoms with van der Waals surface area (Å²) in [5.74, 6) is -1.77. The number of carbonyl (C=O) groups is 1. The Hall–Kier alpha value is -2.38. The van der Waals surface area contributed by atoms with E-state index in [0.717, 1.165) is 5.52 Å². The first-order valence-corrected chi connectivity index (χ1v) is 8.24. The topological polar surface area (TPSA) is 58.9 Å². The molecule has 3 heterocycles. The maximum atomic E-state index is 13.4. The highest BCUT2D eigenvalue weighted by molar-refractivity contribution is 5.85. The van der Waals surface area contributed by atoms with Gasteiger partial charge in [0.05, 0.1) is 5.52 Å². The zero-order chi connectivity index (χ0) is 18.2. The standard InChI is InChI=1S/C17H22F2N4O2/c1-16(2,3)25-15(24)21-13-11-12-5-4-8-23(12)14(20-13)22-9-6-17(18,19)7-10-22/h4-5,8,11H,6-7,9-10H2,1-3H3,(H,21,24). The van der Waals surface area contributed by atoms with Crippen molar-refractivity contribution in [2.45, 2.75) is 45.1 Å². The number of amides is 1. The number of aromatic nitrogens is 2.